The minimum atomic E-state index is -1.17. The second-order valence-corrected chi connectivity index (χ2v) is 5.95. The van der Waals surface area contributed by atoms with E-state index in [0.29, 0.717) is 11.8 Å². The van der Waals surface area contributed by atoms with Crippen molar-refractivity contribution in [3.05, 3.63) is 11.1 Å². The van der Waals surface area contributed by atoms with Crippen LogP contribution in [0, 0.1) is 11.8 Å². The SMILES string of the molecule is CC(C(=O)O)=C(C)C(=O)NC(=O)NC1CCC(C)C(C)C1. The predicted molar refractivity (Wildman–Crippen MR) is 78.7 cm³/mol. The van der Waals surface area contributed by atoms with Gasteiger partial charge in [0, 0.05) is 17.2 Å². The van der Waals surface area contributed by atoms with Crippen LogP contribution in [0.1, 0.15) is 47.0 Å². The molecule has 1 fully saturated rings. The molecular weight excluding hydrogens is 272 g/mol. The molecule has 6 heteroatoms. The number of carboxylic acids is 1. The normalized spacial score (nSPS) is 26.6. The molecule has 0 aromatic rings. The lowest BCUT2D eigenvalue weighted by atomic mass is 9.79. The molecule has 6 nitrogen and oxygen atoms in total. The van der Waals surface area contributed by atoms with E-state index in [9.17, 15) is 14.4 Å². The zero-order chi connectivity index (χ0) is 16.2. The molecule has 0 aromatic carbocycles. The Labute approximate surface area is 125 Å². The molecule has 0 saturated heterocycles. The van der Waals surface area contributed by atoms with Crippen LogP contribution in [0.2, 0.25) is 0 Å². The highest BCUT2D eigenvalue weighted by Crippen LogP contribution is 2.29. The third-order valence-corrected chi connectivity index (χ3v) is 4.38. The van der Waals surface area contributed by atoms with Crippen molar-refractivity contribution in [3.8, 4) is 0 Å². The van der Waals surface area contributed by atoms with E-state index in [1.165, 1.54) is 13.8 Å². The molecule has 0 radical (unpaired) electrons. The van der Waals surface area contributed by atoms with E-state index in [0.717, 1.165) is 19.3 Å². The molecule has 0 aliphatic heterocycles. The molecule has 0 heterocycles. The topological polar surface area (TPSA) is 95.5 Å². The van der Waals surface area contributed by atoms with Gasteiger partial charge >= 0.3 is 12.0 Å². The van der Waals surface area contributed by atoms with Crippen LogP contribution in [0.5, 0.6) is 0 Å². The van der Waals surface area contributed by atoms with Crippen molar-refractivity contribution in [1.82, 2.24) is 10.6 Å². The van der Waals surface area contributed by atoms with Gasteiger partial charge in [-0.2, -0.15) is 0 Å². The summed E-state index contributed by atoms with van der Waals surface area (Å²) in [4.78, 5) is 34.3. The van der Waals surface area contributed by atoms with Crippen LogP contribution in [-0.4, -0.2) is 29.1 Å². The molecule has 21 heavy (non-hydrogen) atoms. The number of aliphatic carboxylic acids is 1. The van der Waals surface area contributed by atoms with E-state index in [1.807, 2.05) is 0 Å². The van der Waals surface area contributed by atoms with E-state index in [-0.39, 0.29) is 17.2 Å². The van der Waals surface area contributed by atoms with Gasteiger partial charge in [0.05, 0.1) is 0 Å². The maximum absolute atomic E-state index is 11.8. The summed E-state index contributed by atoms with van der Waals surface area (Å²) in [5.41, 5.74) is -0.0382. The Balaban J connectivity index is 2.53. The predicted octanol–water partition coefficient (Wildman–Crippen LogP) is 2.06. The summed E-state index contributed by atoms with van der Waals surface area (Å²) < 4.78 is 0. The Morgan fingerprint density at radius 1 is 1.00 bits per heavy atom. The first-order valence-electron chi connectivity index (χ1n) is 7.25. The number of imide groups is 1. The number of hydrogen-bond donors (Lipinski definition) is 3. The van der Waals surface area contributed by atoms with Gasteiger partial charge in [0.2, 0.25) is 0 Å². The molecule has 0 aromatic heterocycles. The molecular formula is C15H24N2O4. The van der Waals surface area contributed by atoms with Gasteiger partial charge in [-0.25, -0.2) is 9.59 Å². The summed E-state index contributed by atoms with van der Waals surface area (Å²) >= 11 is 0. The molecule has 3 amide bonds. The summed E-state index contributed by atoms with van der Waals surface area (Å²) in [6.45, 7) is 7.08. The van der Waals surface area contributed by atoms with Crippen molar-refractivity contribution in [2.24, 2.45) is 11.8 Å². The van der Waals surface area contributed by atoms with E-state index in [4.69, 9.17) is 5.11 Å². The fourth-order valence-electron chi connectivity index (χ4n) is 2.43. The number of carbonyl (C=O) groups is 3. The monoisotopic (exact) mass is 296 g/mol. The molecule has 118 valence electrons. The maximum atomic E-state index is 11.8. The summed E-state index contributed by atoms with van der Waals surface area (Å²) in [7, 11) is 0. The Kier molecular flexibility index (Phi) is 5.93. The number of nitrogens with one attached hydrogen (secondary N) is 2. The van der Waals surface area contributed by atoms with Crippen LogP contribution in [0.3, 0.4) is 0 Å². The van der Waals surface area contributed by atoms with Crippen molar-refractivity contribution in [2.45, 2.75) is 53.0 Å². The lowest BCUT2D eigenvalue weighted by molar-refractivity contribution is -0.133. The average molecular weight is 296 g/mol. The lowest BCUT2D eigenvalue weighted by Crippen LogP contribution is -2.47. The van der Waals surface area contributed by atoms with Crippen LogP contribution < -0.4 is 10.6 Å². The second-order valence-electron chi connectivity index (χ2n) is 5.95. The van der Waals surface area contributed by atoms with Gasteiger partial charge in [0.15, 0.2) is 0 Å². The number of carbonyl (C=O) groups excluding carboxylic acids is 2. The molecule has 1 rings (SSSR count). The molecule has 3 unspecified atom stereocenters. The fraction of sp³-hybridized carbons (Fsp3) is 0.667. The Morgan fingerprint density at radius 2 is 1.62 bits per heavy atom. The number of carboxylic acid groups (broad SMARTS) is 1. The Hall–Kier alpha value is -1.85. The van der Waals surface area contributed by atoms with Gasteiger partial charge in [-0.15, -0.1) is 0 Å². The molecule has 1 aliphatic rings. The first-order valence-corrected chi connectivity index (χ1v) is 7.25. The summed E-state index contributed by atoms with van der Waals surface area (Å²) in [5.74, 6) is -0.658. The maximum Gasteiger partial charge on any atom is 0.331 e. The van der Waals surface area contributed by atoms with E-state index in [2.05, 4.69) is 24.5 Å². The van der Waals surface area contributed by atoms with Gasteiger partial charge in [-0.1, -0.05) is 13.8 Å². The summed E-state index contributed by atoms with van der Waals surface area (Å²) in [6.07, 6.45) is 2.85. The molecule has 0 bridgehead atoms. The average Bonchev–Trinajstić information content (AvgIpc) is 2.40. The number of rotatable bonds is 3. The van der Waals surface area contributed by atoms with Crippen LogP contribution >= 0.6 is 0 Å². The van der Waals surface area contributed by atoms with Crippen LogP contribution in [0.25, 0.3) is 0 Å². The van der Waals surface area contributed by atoms with Crippen molar-refractivity contribution < 1.29 is 19.5 Å². The minimum absolute atomic E-state index is 0.0308. The highest BCUT2D eigenvalue weighted by atomic mass is 16.4. The molecule has 3 N–H and O–H groups in total. The van der Waals surface area contributed by atoms with Crippen molar-refractivity contribution in [2.75, 3.05) is 0 Å². The zero-order valence-electron chi connectivity index (χ0n) is 13.0. The highest BCUT2D eigenvalue weighted by Gasteiger charge is 2.26. The van der Waals surface area contributed by atoms with Crippen molar-refractivity contribution in [3.63, 3.8) is 0 Å². The second kappa shape index (κ2) is 7.24. The standard InChI is InChI=1S/C15H24N2O4/c1-8-5-6-12(7-9(8)2)16-15(21)17-13(18)10(3)11(4)14(19)20/h8-9,12H,5-7H2,1-4H3,(H,19,20)(H2,16,17,18,21). The van der Waals surface area contributed by atoms with E-state index < -0.39 is 17.9 Å². The van der Waals surface area contributed by atoms with E-state index in [1.54, 1.807) is 0 Å². The lowest BCUT2D eigenvalue weighted by Gasteiger charge is -2.32. The smallest absolute Gasteiger partial charge is 0.331 e. The van der Waals surface area contributed by atoms with E-state index >= 15 is 0 Å². The van der Waals surface area contributed by atoms with Crippen molar-refractivity contribution >= 4 is 17.9 Å². The van der Waals surface area contributed by atoms with Gasteiger partial charge in [0.25, 0.3) is 5.91 Å². The summed E-state index contributed by atoms with van der Waals surface area (Å²) in [5, 5.41) is 13.8. The van der Waals surface area contributed by atoms with Gasteiger partial charge < -0.3 is 10.4 Å². The minimum Gasteiger partial charge on any atom is -0.478 e. The van der Waals surface area contributed by atoms with Crippen LogP contribution in [0.15, 0.2) is 11.1 Å². The number of hydrogen-bond acceptors (Lipinski definition) is 3. The third-order valence-electron chi connectivity index (χ3n) is 4.38. The Bertz CT molecular complexity index is 470. The van der Waals surface area contributed by atoms with Gasteiger partial charge in [0.1, 0.15) is 0 Å². The number of urea groups is 1. The van der Waals surface area contributed by atoms with Gasteiger partial charge in [-0.05, 0) is 44.9 Å². The first-order chi connectivity index (χ1) is 9.72. The third kappa shape index (κ3) is 4.88. The number of amides is 3. The summed E-state index contributed by atoms with van der Waals surface area (Å²) in [6, 6.07) is -0.502. The fourth-order valence-corrected chi connectivity index (χ4v) is 2.43. The van der Waals surface area contributed by atoms with Crippen LogP contribution in [-0.2, 0) is 9.59 Å². The van der Waals surface area contributed by atoms with Crippen LogP contribution in [0.4, 0.5) is 4.79 Å². The Morgan fingerprint density at radius 3 is 2.14 bits per heavy atom. The highest BCUT2D eigenvalue weighted by molar-refractivity contribution is 6.07. The first kappa shape index (κ1) is 17.2. The van der Waals surface area contributed by atoms with Crippen molar-refractivity contribution in [1.29, 1.82) is 0 Å². The quantitative estimate of drug-likeness (QED) is 0.695. The molecule has 0 spiro atoms. The van der Waals surface area contributed by atoms with Gasteiger partial charge in [-0.3, -0.25) is 10.1 Å². The molecule has 3 atom stereocenters. The zero-order valence-corrected chi connectivity index (χ0v) is 13.0. The largest absolute Gasteiger partial charge is 0.478 e. The molecule has 1 aliphatic carbocycles. The molecule has 1 saturated carbocycles.